The van der Waals surface area contributed by atoms with Crippen molar-refractivity contribution in [2.75, 3.05) is 12.0 Å². The number of ether oxygens (including phenoxy) is 1. The molecule has 1 aliphatic carbocycles. The van der Waals surface area contributed by atoms with Crippen LogP contribution in [0.25, 0.3) is 0 Å². The van der Waals surface area contributed by atoms with Crippen LogP contribution in [-0.2, 0) is 4.79 Å². The molecule has 0 aromatic carbocycles. The van der Waals surface area contributed by atoms with Crippen molar-refractivity contribution in [3.05, 3.63) is 12.4 Å². The summed E-state index contributed by atoms with van der Waals surface area (Å²) in [5, 5.41) is 9.57. The zero-order chi connectivity index (χ0) is 14.8. The van der Waals surface area contributed by atoms with Crippen LogP contribution < -0.4 is 9.64 Å². The van der Waals surface area contributed by atoms with Gasteiger partial charge in [-0.05, 0) is 31.6 Å². The minimum atomic E-state index is -0.774. The Kier molecular flexibility index (Phi) is 3.94. The lowest BCUT2D eigenvalue weighted by Gasteiger charge is -2.47. The summed E-state index contributed by atoms with van der Waals surface area (Å²) < 4.78 is 5.13. The van der Waals surface area contributed by atoms with Gasteiger partial charge in [-0.25, -0.2) is 4.79 Å². The first-order valence-corrected chi connectivity index (χ1v) is 7.58. The molecule has 6 heteroatoms. The Bertz CT molecular complexity index is 523. The molecule has 2 heterocycles. The number of nitrogens with zero attached hydrogens (tertiary/aromatic N) is 3. The monoisotopic (exact) mass is 291 g/mol. The smallest absolute Gasteiger partial charge is 0.326 e. The molecule has 0 spiro atoms. The summed E-state index contributed by atoms with van der Waals surface area (Å²) in [6, 6.07) is -0.249. The highest BCUT2D eigenvalue weighted by molar-refractivity contribution is 5.78. The summed E-state index contributed by atoms with van der Waals surface area (Å²) in [7, 11) is 1.54. The molecule has 3 rings (SSSR count). The molecule has 1 saturated carbocycles. The zero-order valence-electron chi connectivity index (χ0n) is 12.2. The molecule has 21 heavy (non-hydrogen) atoms. The SMILES string of the molecule is COc1cncc(N2C(C(=O)O)CCC3CCCCC32)n1. The molecule has 3 atom stereocenters. The number of carbonyl (C=O) groups is 1. The first kappa shape index (κ1) is 14.1. The van der Waals surface area contributed by atoms with Crippen molar-refractivity contribution >= 4 is 11.8 Å². The van der Waals surface area contributed by atoms with Gasteiger partial charge in [-0.1, -0.05) is 12.8 Å². The van der Waals surface area contributed by atoms with Crippen LogP contribution in [0.15, 0.2) is 12.4 Å². The Hall–Kier alpha value is -1.85. The van der Waals surface area contributed by atoms with Gasteiger partial charge in [-0.3, -0.25) is 4.98 Å². The Morgan fingerprint density at radius 3 is 2.86 bits per heavy atom. The van der Waals surface area contributed by atoms with E-state index < -0.39 is 12.0 Å². The van der Waals surface area contributed by atoms with E-state index in [4.69, 9.17) is 4.74 Å². The number of methoxy groups -OCH3 is 1. The largest absolute Gasteiger partial charge is 0.480 e. The zero-order valence-corrected chi connectivity index (χ0v) is 12.2. The normalized spacial score (nSPS) is 28.8. The average molecular weight is 291 g/mol. The van der Waals surface area contributed by atoms with Crippen LogP contribution in [0.3, 0.4) is 0 Å². The van der Waals surface area contributed by atoms with E-state index in [1.807, 2.05) is 4.90 Å². The minimum Gasteiger partial charge on any atom is -0.480 e. The molecule has 1 aliphatic heterocycles. The highest BCUT2D eigenvalue weighted by atomic mass is 16.5. The second-order valence-corrected chi connectivity index (χ2v) is 5.87. The molecule has 1 saturated heterocycles. The molecule has 2 aliphatic rings. The maximum Gasteiger partial charge on any atom is 0.326 e. The first-order chi connectivity index (χ1) is 10.2. The second kappa shape index (κ2) is 5.87. The summed E-state index contributed by atoms with van der Waals surface area (Å²) in [5.41, 5.74) is 0. The van der Waals surface area contributed by atoms with Crippen molar-refractivity contribution in [3.63, 3.8) is 0 Å². The molecule has 2 fully saturated rings. The fraction of sp³-hybridized carbons (Fsp3) is 0.667. The average Bonchev–Trinajstić information content (AvgIpc) is 2.53. The van der Waals surface area contributed by atoms with Gasteiger partial charge in [-0.2, -0.15) is 4.98 Å². The highest BCUT2D eigenvalue weighted by Gasteiger charge is 2.42. The van der Waals surface area contributed by atoms with Gasteiger partial charge in [0.05, 0.1) is 19.5 Å². The molecule has 1 N–H and O–H groups in total. The molecule has 1 aromatic heterocycles. The topological polar surface area (TPSA) is 75.5 Å². The fourth-order valence-electron chi connectivity index (χ4n) is 3.77. The van der Waals surface area contributed by atoms with Gasteiger partial charge in [-0.15, -0.1) is 0 Å². The van der Waals surface area contributed by atoms with Crippen LogP contribution in [0.1, 0.15) is 38.5 Å². The molecule has 0 radical (unpaired) electrons. The van der Waals surface area contributed by atoms with Gasteiger partial charge >= 0.3 is 5.97 Å². The van der Waals surface area contributed by atoms with Crippen molar-refractivity contribution < 1.29 is 14.6 Å². The Morgan fingerprint density at radius 2 is 2.10 bits per heavy atom. The first-order valence-electron chi connectivity index (χ1n) is 7.58. The van der Waals surface area contributed by atoms with E-state index in [0.717, 1.165) is 19.3 Å². The molecular weight excluding hydrogens is 270 g/mol. The van der Waals surface area contributed by atoms with E-state index in [1.165, 1.54) is 12.8 Å². The highest BCUT2D eigenvalue weighted by Crippen LogP contribution is 2.40. The van der Waals surface area contributed by atoms with Gasteiger partial charge < -0.3 is 14.7 Å². The predicted octanol–water partition coefficient (Wildman–Crippen LogP) is 2.10. The third-order valence-electron chi connectivity index (χ3n) is 4.73. The number of fused-ring (bicyclic) bond motifs is 1. The van der Waals surface area contributed by atoms with Gasteiger partial charge in [0, 0.05) is 6.04 Å². The lowest BCUT2D eigenvalue weighted by atomic mass is 9.76. The lowest BCUT2D eigenvalue weighted by Crippen LogP contribution is -2.55. The lowest BCUT2D eigenvalue weighted by molar-refractivity contribution is -0.139. The van der Waals surface area contributed by atoms with Crippen molar-refractivity contribution in [2.45, 2.75) is 50.6 Å². The number of piperidine rings is 1. The number of rotatable bonds is 3. The number of hydrogen-bond acceptors (Lipinski definition) is 5. The number of carboxylic acids is 1. The van der Waals surface area contributed by atoms with Crippen LogP contribution in [0.4, 0.5) is 5.82 Å². The Morgan fingerprint density at radius 1 is 1.29 bits per heavy atom. The van der Waals surface area contributed by atoms with E-state index in [2.05, 4.69) is 9.97 Å². The summed E-state index contributed by atoms with van der Waals surface area (Å²) >= 11 is 0. The molecule has 0 bridgehead atoms. The molecule has 6 nitrogen and oxygen atoms in total. The van der Waals surface area contributed by atoms with Crippen LogP contribution in [0.5, 0.6) is 5.88 Å². The molecule has 3 unspecified atom stereocenters. The summed E-state index contributed by atoms with van der Waals surface area (Å²) in [6.45, 7) is 0. The van der Waals surface area contributed by atoms with Gasteiger partial charge in [0.2, 0.25) is 5.88 Å². The molecular formula is C15H21N3O3. The van der Waals surface area contributed by atoms with Crippen molar-refractivity contribution in [3.8, 4) is 5.88 Å². The number of hydrogen-bond donors (Lipinski definition) is 1. The maximum absolute atomic E-state index is 11.6. The van der Waals surface area contributed by atoms with Gasteiger partial charge in [0.15, 0.2) is 5.82 Å². The third kappa shape index (κ3) is 2.66. The standard InChI is InChI=1S/C15H21N3O3/c1-21-14-9-16-8-13(17-14)18-11-5-3-2-4-10(11)6-7-12(18)15(19)20/h8-12H,2-7H2,1H3,(H,19,20). The Balaban J connectivity index is 1.96. The quantitative estimate of drug-likeness (QED) is 0.919. The summed E-state index contributed by atoms with van der Waals surface area (Å²) in [6.07, 6.45) is 9.48. The number of anilines is 1. The van der Waals surface area contributed by atoms with E-state index in [-0.39, 0.29) is 6.04 Å². The van der Waals surface area contributed by atoms with E-state index in [1.54, 1.807) is 19.5 Å². The summed E-state index contributed by atoms with van der Waals surface area (Å²) in [4.78, 5) is 22.2. The minimum absolute atomic E-state index is 0.259. The van der Waals surface area contributed by atoms with Crippen molar-refractivity contribution in [1.82, 2.24) is 9.97 Å². The van der Waals surface area contributed by atoms with E-state index in [0.29, 0.717) is 24.0 Å². The number of aliphatic carboxylic acids is 1. The predicted molar refractivity (Wildman–Crippen MR) is 77.5 cm³/mol. The molecule has 0 amide bonds. The maximum atomic E-state index is 11.6. The summed E-state index contributed by atoms with van der Waals surface area (Å²) in [5.74, 6) is 0.846. The van der Waals surface area contributed by atoms with Crippen molar-refractivity contribution in [2.24, 2.45) is 5.92 Å². The van der Waals surface area contributed by atoms with Crippen LogP contribution in [0.2, 0.25) is 0 Å². The van der Waals surface area contributed by atoms with Gasteiger partial charge in [0.25, 0.3) is 0 Å². The third-order valence-corrected chi connectivity index (χ3v) is 4.73. The van der Waals surface area contributed by atoms with Crippen LogP contribution >= 0.6 is 0 Å². The van der Waals surface area contributed by atoms with Crippen LogP contribution in [0, 0.1) is 5.92 Å². The molecule has 114 valence electrons. The van der Waals surface area contributed by atoms with E-state index in [9.17, 15) is 9.90 Å². The fourth-order valence-corrected chi connectivity index (χ4v) is 3.77. The Labute approximate surface area is 124 Å². The van der Waals surface area contributed by atoms with Gasteiger partial charge in [0.1, 0.15) is 6.04 Å². The number of aromatic nitrogens is 2. The van der Waals surface area contributed by atoms with Crippen LogP contribution in [-0.4, -0.2) is 40.2 Å². The second-order valence-electron chi connectivity index (χ2n) is 5.87. The van der Waals surface area contributed by atoms with E-state index >= 15 is 0 Å². The number of carboxylic acid groups (broad SMARTS) is 1. The molecule has 1 aromatic rings. The van der Waals surface area contributed by atoms with Crippen molar-refractivity contribution in [1.29, 1.82) is 0 Å².